The third-order valence-corrected chi connectivity index (χ3v) is 11.7. The van der Waals surface area contributed by atoms with Crippen molar-refractivity contribution in [2.24, 2.45) is 5.92 Å². The van der Waals surface area contributed by atoms with E-state index >= 15 is 0 Å². The number of benzene rings is 2. The van der Waals surface area contributed by atoms with Gasteiger partial charge in [-0.2, -0.15) is 0 Å². The molecule has 0 spiro atoms. The van der Waals surface area contributed by atoms with E-state index in [1.807, 2.05) is 0 Å². The number of fused-ring (bicyclic) bond motifs is 1. The first-order valence-corrected chi connectivity index (χ1v) is 18.4. The predicted molar refractivity (Wildman–Crippen MR) is 120 cm³/mol. The summed E-state index contributed by atoms with van der Waals surface area (Å²) in [5, 5.41) is 0. The normalized spacial score (nSPS) is 19.9. The topological polar surface area (TPSA) is 0 Å². The minimum atomic E-state index is -2.47. The van der Waals surface area contributed by atoms with Crippen LogP contribution < -0.4 is 0 Å². The number of allylic oxidation sites excluding steroid dienone is 1. The molecule has 1 fully saturated rings. The van der Waals surface area contributed by atoms with Gasteiger partial charge in [0.15, 0.2) is 0 Å². The van der Waals surface area contributed by atoms with Crippen LogP contribution >= 0.6 is 17.0 Å². The molecular formula is C25H29Cl2Zr. The Balaban J connectivity index is 1.73. The van der Waals surface area contributed by atoms with Crippen molar-refractivity contribution in [3.05, 3.63) is 64.2 Å². The van der Waals surface area contributed by atoms with Gasteiger partial charge in [-0.3, -0.25) is 0 Å². The molecule has 2 aliphatic rings. The van der Waals surface area contributed by atoms with Crippen LogP contribution in [0.4, 0.5) is 0 Å². The number of rotatable bonds is 4. The molecule has 0 nitrogen and oxygen atoms in total. The van der Waals surface area contributed by atoms with Crippen LogP contribution in [0.2, 0.25) is 0 Å². The summed E-state index contributed by atoms with van der Waals surface area (Å²) in [7, 11) is 13.5. The zero-order chi connectivity index (χ0) is 19.7. The fraction of sp³-hybridized carbons (Fsp3) is 0.440. The van der Waals surface area contributed by atoms with Crippen LogP contribution in [0.5, 0.6) is 0 Å². The first kappa shape index (κ1) is 20.9. The average Bonchev–Trinajstić information content (AvgIpc) is 2.81. The molecule has 0 radical (unpaired) electrons. The standard InChI is InChI=1S/C25H29.2ClH.Zr/c1-18-12-19(2)14-23(13-18)24-11-7-10-22-16-21(17-25(22)24)15-20-8-5-3-4-6-9-20;;;/h7,10-14,16-17,20H,3-6,8-9,15H2,1-2H3;2*1H;/q;;;+2/p-2. The Kier molecular flexibility index (Phi) is 6.86. The minimum absolute atomic E-state index is 0.329. The molecule has 0 aromatic heterocycles. The summed E-state index contributed by atoms with van der Waals surface area (Å²) in [6, 6.07) is 13.6. The summed E-state index contributed by atoms with van der Waals surface area (Å²) in [5.41, 5.74) is 9.57. The first-order valence-electron chi connectivity index (χ1n) is 10.6. The van der Waals surface area contributed by atoms with Crippen LogP contribution in [-0.4, -0.2) is 0 Å². The van der Waals surface area contributed by atoms with E-state index in [9.17, 15) is 0 Å². The second kappa shape index (κ2) is 9.20. The second-order valence-corrected chi connectivity index (χ2v) is 17.5. The number of aryl methyl sites for hydroxylation is 2. The third-order valence-electron chi connectivity index (χ3n) is 6.40. The molecule has 3 heteroatoms. The summed E-state index contributed by atoms with van der Waals surface area (Å²) in [6.45, 7) is 4.36. The van der Waals surface area contributed by atoms with Crippen molar-refractivity contribution in [1.29, 1.82) is 0 Å². The maximum absolute atomic E-state index is 6.73. The Morgan fingerprint density at radius 2 is 1.61 bits per heavy atom. The number of hydrogen-bond acceptors (Lipinski definition) is 0. The summed E-state index contributed by atoms with van der Waals surface area (Å²) < 4.78 is 0.329. The van der Waals surface area contributed by atoms with Gasteiger partial charge in [0, 0.05) is 0 Å². The van der Waals surface area contributed by atoms with Crippen molar-refractivity contribution in [1.82, 2.24) is 0 Å². The number of halogens is 2. The van der Waals surface area contributed by atoms with Gasteiger partial charge in [0.1, 0.15) is 0 Å². The zero-order valence-electron chi connectivity index (χ0n) is 16.9. The molecule has 0 N–H and O–H groups in total. The molecule has 28 heavy (non-hydrogen) atoms. The molecular weight excluding hydrogens is 462 g/mol. The van der Waals surface area contributed by atoms with Crippen LogP contribution in [0.1, 0.15) is 70.8 Å². The molecule has 2 aromatic rings. The van der Waals surface area contributed by atoms with Crippen molar-refractivity contribution in [2.45, 2.75) is 62.4 Å². The monoisotopic (exact) mass is 489 g/mol. The molecule has 2 aromatic carbocycles. The van der Waals surface area contributed by atoms with Crippen LogP contribution in [-0.2, 0) is 19.4 Å². The van der Waals surface area contributed by atoms with Gasteiger partial charge < -0.3 is 0 Å². The Morgan fingerprint density at radius 3 is 2.25 bits per heavy atom. The summed E-state index contributed by atoms with van der Waals surface area (Å²) in [4.78, 5) is 0. The van der Waals surface area contributed by atoms with Crippen molar-refractivity contribution in [3.8, 4) is 11.1 Å². The molecule has 0 heterocycles. The van der Waals surface area contributed by atoms with Crippen LogP contribution in [0.15, 0.2) is 42.0 Å². The Morgan fingerprint density at radius 1 is 0.929 bits per heavy atom. The maximum atomic E-state index is 6.73. The van der Waals surface area contributed by atoms with Gasteiger partial charge >= 0.3 is 186 Å². The van der Waals surface area contributed by atoms with E-state index in [0.717, 1.165) is 5.92 Å². The van der Waals surface area contributed by atoms with E-state index in [-0.39, 0.29) is 0 Å². The Bertz CT molecular complexity index is 856. The third kappa shape index (κ3) is 4.53. The molecule has 0 aliphatic heterocycles. The Labute approximate surface area is 185 Å². The molecule has 4 rings (SSSR count). The van der Waals surface area contributed by atoms with Gasteiger partial charge in [0.2, 0.25) is 0 Å². The van der Waals surface area contributed by atoms with Crippen molar-refractivity contribution in [2.75, 3.05) is 0 Å². The van der Waals surface area contributed by atoms with E-state index in [1.54, 1.807) is 0 Å². The van der Waals surface area contributed by atoms with Gasteiger partial charge in [0.05, 0.1) is 0 Å². The van der Waals surface area contributed by atoms with E-state index in [1.165, 1.54) is 83.9 Å². The van der Waals surface area contributed by atoms with Crippen molar-refractivity contribution < 1.29 is 19.4 Å². The van der Waals surface area contributed by atoms with Crippen LogP contribution in [0.25, 0.3) is 17.2 Å². The molecule has 2 aliphatic carbocycles. The molecule has 0 saturated heterocycles. The predicted octanol–water partition coefficient (Wildman–Crippen LogP) is 8.69. The van der Waals surface area contributed by atoms with Crippen LogP contribution in [0.3, 0.4) is 0 Å². The first-order chi connectivity index (χ1) is 13.5. The zero-order valence-corrected chi connectivity index (χ0v) is 20.9. The van der Waals surface area contributed by atoms with Gasteiger partial charge in [0.25, 0.3) is 0 Å². The SMILES string of the molecule is Cc1cc(C)cc(-c2cccc3c2C=C(CC2CCCCCC2)[CH]3[Zr]([Cl])[Cl])c1. The van der Waals surface area contributed by atoms with E-state index in [0.29, 0.717) is 3.63 Å². The van der Waals surface area contributed by atoms with Crippen LogP contribution in [0, 0.1) is 19.8 Å². The number of hydrogen-bond donors (Lipinski definition) is 0. The Hall–Kier alpha value is -0.357. The molecule has 1 atom stereocenters. The van der Waals surface area contributed by atoms with E-state index in [2.05, 4.69) is 56.3 Å². The summed E-state index contributed by atoms with van der Waals surface area (Å²) in [5.74, 6) is 0.811. The molecule has 0 amide bonds. The summed E-state index contributed by atoms with van der Waals surface area (Å²) in [6.07, 6.45) is 12.0. The molecule has 147 valence electrons. The second-order valence-electron chi connectivity index (χ2n) is 8.69. The molecule has 1 saturated carbocycles. The van der Waals surface area contributed by atoms with Gasteiger partial charge in [-0.1, -0.05) is 0 Å². The summed E-state index contributed by atoms with van der Waals surface area (Å²) >= 11 is -2.47. The van der Waals surface area contributed by atoms with Gasteiger partial charge in [-0.05, 0) is 0 Å². The van der Waals surface area contributed by atoms with Gasteiger partial charge in [-0.25, -0.2) is 0 Å². The van der Waals surface area contributed by atoms with E-state index in [4.69, 9.17) is 17.0 Å². The molecule has 0 bridgehead atoms. The average molecular weight is 492 g/mol. The quantitative estimate of drug-likeness (QED) is 0.375. The van der Waals surface area contributed by atoms with E-state index < -0.39 is 19.4 Å². The molecule has 1 unspecified atom stereocenters. The van der Waals surface area contributed by atoms with Crippen molar-refractivity contribution in [3.63, 3.8) is 0 Å². The van der Waals surface area contributed by atoms with Gasteiger partial charge in [-0.15, -0.1) is 0 Å². The fourth-order valence-electron chi connectivity index (χ4n) is 5.18. The van der Waals surface area contributed by atoms with Crippen molar-refractivity contribution >= 4 is 23.1 Å². The fourth-order valence-corrected chi connectivity index (χ4v) is 10.6.